The normalized spacial score (nSPS) is 10.4. The lowest BCUT2D eigenvalue weighted by molar-refractivity contribution is 0.112. The summed E-state index contributed by atoms with van der Waals surface area (Å²) in [5.74, 6) is 0.825. The molecule has 0 atom stereocenters. The Morgan fingerprint density at radius 2 is 2.12 bits per heavy atom. The van der Waals surface area contributed by atoms with Gasteiger partial charge in [-0.25, -0.2) is 14.1 Å². The fourth-order valence-electron chi connectivity index (χ4n) is 1.56. The Hall–Kier alpha value is -2.04. The van der Waals surface area contributed by atoms with Crippen LogP contribution in [0, 0.1) is 19.7 Å². The Kier molecular flexibility index (Phi) is 2.52. The van der Waals surface area contributed by atoms with Gasteiger partial charge in [-0.1, -0.05) is 0 Å². The molecule has 0 saturated heterocycles. The molecule has 0 bridgehead atoms. The number of rotatable bonds is 2. The molecule has 2 aromatic rings. The fraction of sp³-hybridized carbons (Fsp3) is 0.182. The lowest BCUT2D eigenvalue weighted by Crippen LogP contribution is -2.03. The minimum atomic E-state index is -0.444. The van der Waals surface area contributed by atoms with E-state index >= 15 is 0 Å². The second-order valence-corrected chi connectivity index (χ2v) is 3.44. The molecular weight excluding hydrogens is 209 g/mol. The van der Waals surface area contributed by atoms with Gasteiger partial charge in [0.25, 0.3) is 0 Å². The van der Waals surface area contributed by atoms with Gasteiger partial charge >= 0.3 is 0 Å². The van der Waals surface area contributed by atoms with Gasteiger partial charge in [-0.3, -0.25) is 4.79 Å². The van der Waals surface area contributed by atoms with Crippen LogP contribution in [0.2, 0.25) is 0 Å². The van der Waals surface area contributed by atoms with E-state index in [0.29, 0.717) is 23.6 Å². The summed E-state index contributed by atoms with van der Waals surface area (Å²) in [7, 11) is 0. The van der Waals surface area contributed by atoms with Crippen LogP contribution in [-0.4, -0.2) is 21.1 Å². The number of hydrogen-bond donors (Lipinski definition) is 0. The van der Waals surface area contributed by atoms with Crippen molar-refractivity contribution in [1.29, 1.82) is 0 Å². The minimum Gasteiger partial charge on any atom is -0.298 e. The number of aldehydes is 1. The highest BCUT2D eigenvalue weighted by atomic mass is 19.1. The number of aryl methyl sites for hydroxylation is 2. The standard InChI is InChI=1S/C11H10FN3O/c1-7-13-8(2)15(14-7)11-4-3-10(12)5-9(11)6-16/h3-6H,1-2H3. The summed E-state index contributed by atoms with van der Waals surface area (Å²) in [5.41, 5.74) is 0.794. The molecule has 5 heteroatoms. The van der Waals surface area contributed by atoms with Crippen molar-refractivity contribution < 1.29 is 9.18 Å². The van der Waals surface area contributed by atoms with Crippen LogP contribution in [-0.2, 0) is 0 Å². The molecule has 0 amide bonds. The third-order valence-corrected chi connectivity index (χ3v) is 2.22. The van der Waals surface area contributed by atoms with E-state index in [9.17, 15) is 9.18 Å². The molecule has 0 fully saturated rings. The van der Waals surface area contributed by atoms with Crippen molar-refractivity contribution in [2.45, 2.75) is 13.8 Å². The molecule has 0 aliphatic carbocycles. The average molecular weight is 219 g/mol. The van der Waals surface area contributed by atoms with Gasteiger partial charge in [0.15, 0.2) is 6.29 Å². The van der Waals surface area contributed by atoms with E-state index in [1.165, 1.54) is 22.9 Å². The largest absolute Gasteiger partial charge is 0.298 e. The zero-order valence-electron chi connectivity index (χ0n) is 8.94. The molecule has 0 spiro atoms. The summed E-state index contributed by atoms with van der Waals surface area (Å²) >= 11 is 0. The molecule has 16 heavy (non-hydrogen) atoms. The lowest BCUT2D eigenvalue weighted by atomic mass is 10.2. The molecule has 82 valence electrons. The van der Waals surface area contributed by atoms with Gasteiger partial charge in [-0.05, 0) is 32.0 Å². The van der Waals surface area contributed by atoms with E-state index in [4.69, 9.17) is 0 Å². The second-order valence-electron chi connectivity index (χ2n) is 3.44. The van der Waals surface area contributed by atoms with E-state index in [-0.39, 0.29) is 5.56 Å². The molecule has 2 rings (SSSR count). The summed E-state index contributed by atoms with van der Waals surface area (Å²) in [6, 6.07) is 3.98. The van der Waals surface area contributed by atoms with Crippen LogP contribution in [0.5, 0.6) is 0 Å². The molecule has 0 aliphatic heterocycles. The maximum atomic E-state index is 13.0. The van der Waals surface area contributed by atoms with Gasteiger partial charge in [0, 0.05) is 5.56 Å². The number of carbonyl (C=O) groups is 1. The second kappa shape index (κ2) is 3.84. The summed E-state index contributed by atoms with van der Waals surface area (Å²) in [4.78, 5) is 15.0. The molecule has 0 saturated carbocycles. The van der Waals surface area contributed by atoms with Crippen molar-refractivity contribution in [2.75, 3.05) is 0 Å². The van der Waals surface area contributed by atoms with Crippen molar-refractivity contribution >= 4 is 6.29 Å². The molecule has 0 radical (unpaired) electrons. The average Bonchev–Trinajstić information content (AvgIpc) is 2.57. The van der Waals surface area contributed by atoms with Crippen LogP contribution < -0.4 is 0 Å². The molecule has 4 nitrogen and oxygen atoms in total. The van der Waals surface area contributed by atoms with Gasteiger partial charge in [0.1, 0.15) is 17.5 Å². The third kappa shape index (κ3) is 1.71. The summed E-state index contributed by atoms with van der Waals surface area (Å²) in [5, 5.41) is 4.14. The first-order valence-electron chi connectivity index (χ1n) is 4.77. The Bertz CT molecular complexity index is 548. The third-order valence-electron chi connectivity index (χ3n) is 2.22. The Labute approximate surface area is 91.7 Å². The summed E-state index contributed by atoms with van der Waals surface area (Å²) < 4.78 is 14.5. The topological polar surface area (TPSA) is 47.8 Å². The highest BCUT2D eigenvalue weighted by Crippen LogP contribution is 2.15. The molecule has 1 aromatic heterocycles. The van der Waals surface area contributed by atoms with Crippen LogP contribution in [0.1, 0.15) is 22.0 Å². The van der Waals surface area contributed by atoms with Crippen molar-refractivity contribution in [3.63, 3.8) is 0 Å². The van der Waals surface area contributed by atoms with E-state index in [1.807, 2.05) is 0 Å². The number of halogens is 1. The Morgan fingerprint density at radius 1 is 1.38 bits per heavy atom. The lowest BCUT2D eigenvalue weighted by Gasteiger charge is -2.05. The van der Waals surface area contributed by atoms with Crippen LogP contribution >= 0.6 is 0 Å². The Morgan fingerprint density at radius 3 is 2.69 bits per heavy atom. The Balaban J connectivity index is 2.63. The number of carbonyl (C=O) groups excluding carboxylic acids is 1. The molecule has 0 N–H and O–H groups in total. The number of benzene rings is 1. The zero-order chi connectivity index (χ0) is 11.7. The summed E-state index contributed by atoms with van der Waals surface area (Å²) in [6.07, 6.45) is 0.606. The zero-order valence-corrected chi connectivity index (χ0v) is 8.94. The molecule has 1 heterocycles. The van der Waals surface area contributed by atoms with Crippen molar-refractivity contribution in [3.05, 3.63) is 41.2 Å². The first-order valence-corrected chi connectivity index (χ1v) is 4.77. The van der Waals surface area contributed by atoms with Crippen LogP contribution in [0.4, 0.5) is 4.39 Å². The SMILES string of the molecule is Cc1nc(C)n(-c2ccc(F)cc2C=O)n1. The number of hydrogen-bond acceptors (Lipinski definition) is 3. The predicted molar refractivity (Wildman–Crippen MR) is 56.2 cm³/mol. The molecule has 0 aliphatic rings. The van der Waals surface area contributed by atoms with Crippen molar-refractivity contribution in [3.8, 4) is 5.69 Å². The molecular formula is C11H10FN3O. The van der Waals surface area contributed by atoms with E-state index in [1.54, 1.807) is 13.8 Å². The highest BCUT2D eigenvalue weighted by Gasteiger charge is 2.10. The first kappa shape index (κ1) is 10.5. The minimum absolute atomic E-state index is 0.257. The quantitative estimate of drug-likeness (QED) is 0.724. The van der Waals surface area contributed by atoms with Crippen molar-refractivity contribution in [2.24, 2.45) is 0 Å². The molecule has 0 unspecified atom stereocenters. The predicted octanol–water partition coefficient (Wildman–Crippen LogP) is 1.84. The van der Waals surface area contributed by atoms with Crippen molar-refractivity contribution in [1.82, 2.24) is 14.8 Å². The van der Waals surface area contributed by atoms with Crippen LogP contribution in [0.25, 0.3) is 5.69 Å². The van der Waals surface area contributed by atoms with Gasteiger partial charge in [0.05, 0.1) is 5.69 Å². The van der Waals surface area contributed by atoms with Gasteiger partial charge < -0.3 is 0 Å². The highest BCUT2D eigenvalue weighted by molar-refractivity contribution is 5.80. The van der Waals surface area contributed by atoms with Gasteiger partial charge in [-0.2, -0.15) is 5.10 Å². The van der Waals surface area contributed by atoms with Gasteiger partial charge in [-0.15, -0.1) is 0 Å². The fourth-order valence-corrected chi connectivity index (χ4v) is 1.56. The first-order chi connectivity index (χ1) is 7.61. The number of aromatic nitrogens is 3. The van der Waals surface area contributed by atoms with Crippen LogP contribution in [0.3, 0.4) is 0 Å². The van der Waals surface area contributed by atoms with E-state index in [0.717, 1.165) is 0 Å². The van der Waals surface area contributed by atoms with Gasteiger partial charge in [0.2, 0.25) is 0 Å². The monoisotopic (exact) mass is 219 g/mol. The smallest absolute Gasteiger partial charge is 0.152 e. The van der Waals surface area contributed by atoms with Crippen LogP contribution in [0.15, 0.2) is 18.2 Å². The summed E-state index contributed by atoms with van der Waals surface area (Å²) in [6.45, 7) is 3.53. The maximum absolute atomic E-state index is 13.0. The maximum Gasteiger partial charge on any atom is 0.152 e. The van der Waals surface area contributed by atoms with E-state index in [2.05, 4.69) is 10.1 Å². The van der Waals surface area contributed by atoms with E-state index < -0.39 is 5.82 Å². The molecule has 1 aromatic carbocycles. The number of nitrogens with zero attached hydrogens (tertiary/aromatic N) is 3.